The topological polar surface area (TPSA) is 80.7 Å². The largest absolute Gasteiger partial charge is 0.458 e. The smallest absolute Gasteiger partial charge is 0.306 e. The molecular weight excluding hydrogens is 356 g/mol. The predicted molar refractivity (Wildman–Crippen MR) is 103 cm³/mol. The maximum absolute atomic E-state index is 12.8. The van der Waals surface area contributed by atoms with Crippen molar-refractivity contribution in [3.05, 3.63) is 30.2 Å². The minimum atomic E-state index is -1.48. The van der Waals surface area contributed by atoms with Crippen molar-refractivity contribution >= 4 is 17.5 Å². The van der Waals surface area contributed by atoms with E-state index in [-0.39, 0.29) is 17.1 Å². The fourth-order valence-corrected chi connectivity index (χ4v) is 6.59. The van der Waals surface area contributed by atoms with Gasteiger partial charge in [-0.3, -0.25) is 14.4 Å². The van der Waals surface area contributed by atoms with Crippen LogP contribution in [-0.2, 0) is 19.1 Å². The van der Waals surface area contributed by atoms with Crippen molar-refractivity contribution in [1.82, 2.24) is 0 Å². The summed E-state index contributed by atoms with van der Waals surface area (Å²) >= 11 is 0. The number of rotatable bonds is 3. The average Bonchev–Trinajstić information content (AvgIpc) is 2.92. The molecule has 0 aliphatic heterocycles. The van der Waals surface area contributed by atoms with Crippen LogP contribution in [0.1, 0.15) is 58.8 Å². The van der Waals surface area contributed by atoms with Gasteiger partial charge in [0.1, 0.15) is 5.60 Å². The number of ether oxygens (including phenoxy) is 1. The van der Waals surface area contributed by atoms with Crippen molar-refractivity contribution in [2.45, 2.75) is 64.4 Å². The van der Waals surface area contributed by atoms with Crippen LogP contribution in [0.3, 0.4) is 0 Å². The Balaban J connectivity index is 1.66. The molecule has 0 aromatic rings. The normalized spacial score (nSPS) is 41.9. The lowest BCUT2D eigenvalue weighted by atomic mass is 9.50. The molecular formula is C23H29O5. The molecule has 2 unspecified atom stereocenters. The summed E-state index contributed by atoms with van der Waals surface area (Å²) in [6, 6.07) is 0. The number of ketones is 2. The summed E-state index contributed by atoms with van der Waals surface area (Å²) in [7, 11) is 0. The molecule has 28 heavy (non-hydrogen) atoms. The molecule has 0 aromatic heterocycles. The molecule has 0 bridgehead atoms. The second-order valence-electron chi connectivity index (χ2n) is 9.48. The van der Waals surface area contributed by atoms with E-state index >= 15 is 0 Å². The van der Waals surface area contributed by atoms with Crippen molar-refractivity contribution in [3.63, 3.8) is 0 Å². The first kappa shape index (κ1) is 19.6. The Kier molecular flexibility index (Phi) is 4.46. The Morgan fingerprint density at radius 3 is 2.71 bits per heavy atom. The zero-order valence-corrected chi connectivity index (χ0v) is 16.8. The Morgan fingerprint density at radius 1 is 1.25 bits per heavy atom. The summed E-state index contributed by atoms with van der Waals surface area (Å²) in [5.74, 6) is -0.404. The molecule has 0 aromatic carbocycles. The van der Waals surface area contributed by atoms with Gasteiger partial charge >= 0.3 is 5.97 Å². The molecule has 0 spiro atoms. The third kappa shape index (κ3) is 2.58. The second kappa shape index (κ2) is 6.38. The second-order valence-corrected chi connectivity index (χ2v) is 9.48. The van der Waals surface area contributed by atoms with Crippen molar-refractivity contribution in [2.24, 2.45) is 22.7 Å². The number of hydrogen-bond donors (Lipinski definition) is 1. The Labute approximate surface area is 166 Å². The van der Waals surface area contributed by atoms with Crippen LogP contribution < -0.4 is 0 Å². The lowest BCUT2D eigenvalue weighted by Crippen LogP contribution is -2.55. The van der Waals surface area contributed by atoms with Crippen molar-refractivity contribution in [2.75, 3.05) is 6.61 Å². The van der Waals surface area contributed by atoms with Crippen LogP contribution in [0.25, 0.3) is 0 Å². The fourth-order valence-electron chi connectivity index (χ4n) is 6.59. The summed E-state index contributed by atoms with van der Waals surface area (Å²) in [4.78, 5) is 35.7. The third-order valence-corrected chi connectivity index (χ3v) is 8.31. The zero-order chi connectivity index (χ0) is 20.3. The summed E-state index contributed by atoms with van der Waals surface area (Å²) < 4.78 is 4.80. The molecule has 4 aliphatic rings. The Bertz CT molecular complexity index is 808. The molecule has 2 saturated carbocycles. The summed E-state index contributed by atoms with van der Waals surface area (Å²) in [5.41, 5.74) is 0.553. The highest BCUT2D eigenvalue weighted by Crippen LogP contribution is 2.65. The highest BCUT2D eigenvalue weighted by molar-refractivity contribution is 5.92. The van der Waals surface area contributed by atoms with Gasteiger partial charge < -0.3 is 9.84 Å². The quantitative estimate of drug-likeness (QED) is 0.596. The number of esters is 1. The van der Waals surface area contributed by atoms with Gasteiger partial charge in [0.25, 0.3) is 0 Å². The molecule has 0 amide bonds. The van der Waals surface area contributed by atoms with Gasteiger partial charge in [-0.1, -0.05) is 31.1 Å². The Hall–Kier alpha value is -1.75. The number of allylic oxidation sites excluding steroid dienone is 4. The van der Waals surface area contributed by atoms with Crippen LogP contribution >= 0.6 is 0 Å². The molecule has 1 N–H and O–H groups in total. The molecule has 0 heterocycles. The van der Waals surface area contributed by atoms with Crippen LogP contribution in [-0.4, -0.2) is 34.9 Å². The first-order valence-corrected chi connectivity index (χ1v) is 10.3. The number of carbonyl (C=O) groups excluding carboxylic acids is 3. The van der Waals surface area contributed by atoms with Gasteiger partial charge in [-0.25, -0.2) is 0 Å². The zero-order valence-electron chi connectivity index (χ0n) is 16.8. The van der Waals surface area contributed by atoms with E-state index in [9.17, 15) is 19.5 Å². The molecule has 5 heteroatoms. The van der Waals surface area contributed by atoms with Gasteiger partial charge in [-0.15, -0.1) is 0 Å². The molecule has 5 nitrogen and oxygen atoms in total. The standard InChI is InChI=1S/C23H29O5/c1-14(24)28-13-20(26)23(27)11-8-19-17-5-4-15-12-16(25)6-9-21(15,2)18(17)7-10-22(19,23)3/h7,12,17,19,27H,1,4-6,8-11,13H2,2-3H3/t17-,19+,21?,22?,23+/m1/s1. The molecule has 5 atom stereocenters. The molecule has 151 valence electrons. The number of Topliss-reactive ketones (excluding diaryl/α,β-unsaturated/α-hetero) is 1. The average molecular weight is 385 g/mol. The van der Waals surface area contributed by atoms with E-state index in [1.54, 1.807) is 0 Å². The van der Waals surface area contributed by atoms with Crippen LogP contribution in [0.2, 0.25) is 0 Å². The fraction of sp³-hybridized carbons (Fsp3) is 0.652. The van der Waals surface area contributed by atoms with E-state index in [2.05, 4.69) is 19.9 Å². The lowest BCUT2D eigenvalue weighted by molar-refractivity contribution is -0.161. The minimum Gasteiger partial charge on any atom is -0.458 e. The molecule has 0 saturated heterocycles. The molecule has 4 rings (SSSR count). The van der Waals surface area contributed by atoms with Crippen LogP contribution in [0.15, 0.2) is 23.3 Å². The van der Waals surface area contributed by atoms with Crippen LogP contribution in [0.5, 0.6) is 0 Å². The number of fused-ring (bicyclic) bond motifs is 5. The highest BCUT2D eigenvalue weighted by Gasteiger charge is 2.64. The van der Waals surface area contributed by atoms with Gasteiger partial charge in [-0.05, 0) is 56.4 Å². The SMILES string of the molecule is [CH2]C(=O)OCC(=O)[C@@]1(O)CC[C@H]2[C@@H]3CCC4=CC(=O)CCC4(C)C3=CCC21C. The molecule has 4 aliphatic carbocycles. The number of aliphatic hydroxyl groups is 1. The van der Waals surface area contributed by atoms with E-state index in [0.717, 1.165) is 25.7 Å². The van der Waals surface area contributed by atoms with E-state index in [0.29, 0.717) is 25.2 Å². The van der Waals surface area contributed by atoms with Gasteiger partial charge in [0, 0.05) is 17.3 Å². The van der Waals surface area contributed by atoms with E-state index in [1.807, 2.05) is 13.0 Å². The van der Waals surface area contributed by atoms with E-state index in [1.165, 1.54) is 11.1 Å². The van der Waals surface area contributed by atoms with Gasteiger partial charge in [0.05, 0.1) is 6.92 Å². The predicted octanol–water partition coefficient (Wildman–Crippen LogP) is 3.12. The first-order valence-electron chi connectivity index (χ1n) is 10.3. The highest BCUT2D eigenvalue weighted by atomic mass is 16.5. The van der Waals surface area contributed by atoms with Gasteiger partial charge in [0.2, 0.25) is 5.78 Å². The van der Waals surface area contributed by atoms with Gasteiger partial charge in [0.15, 0.2) is 12.4 Å². The van der Waals surface area contributed by atoms with Crippen molar-refractivity contribution in [3.8, 4) is 0 Å². The maximum atomic E-state index is 12.8. The van der Waals surface area contributed by atoms with Crippen LogP contribution in [0, 0.1) is 29.6 Å². The molecule has 2 fully saturated rings. The third-order valence-electron chi connectivity index (χ3n) is 8.31. The Morgan fingerprint density at radius 2 is 2.00 bits per heavy atom. The number of hydrogen-bond acceptors (Lipinski definition) is 5. The first-order chi connectivity index (χ1) is 13.1. The van der Waals surface area contributed by atoms with E-state index in [4.69, 9.17) is 4.74 Å². The number of carbonyl (C=O) groups is 3. The minimum absolute atomic E-state index is 0.0632. The van der Waals surface area contributed by atoms with Crippen LogP contribution in [0.4, 0.5) is 0 Å². The molecule has 1 radical (unpaired) electrons. The maximum Gasteiger partial charge on any atom is 0.306 e. The van der Waals surface area contributed by atoms with E-state index < -0.39 is 29.4 Å². The van der Waals surface area contributed by atoms with Crippen molar-refractivity contribution in [1.29, 1.82) is 0 Å². The summed E-state index contributed by atoms with van der Waals surface area (Å²) in [5, 5.41) is 11.4. The van der Waals surface area contributed by atoms with Gasteiger partial charge in [-0.2, -0.15) is 0 Å². The monoisotopic (exact) mass is 385 g/mol. The lowest BCUT2D eigenvalue weighted by Gasteiger charge is -2.54. The summed E-state index contributed by atoms with van der Waals surface area (Å²) in [6.07, 6.45) is 9.21. The summed E-state index contributed by atoms with van der Waals surface area (Å²) in [6.45, 7) is 6.98. The van der Waals surface area contributed by atoms with Crippen molar-refractivity contribution < 1.29 is 24.2 Å².